The number of para-hydroxylation sites is 2. The van der Waals surface area contributed by atoms with E-state index in [1.54, 1.807) is 29.1 Å². The van der Waals surface area contributed by atoms with E-state index in [1.807, 2.05) is 24.3 Å². The number of aromatic nitrogens is 3. The smallest absolute Gasteiger partial charge is 0.240 e. The fourth-order valence-corrected chi connectivity index (χ4v) is 2.68. The first-order valence-corrected chi connectivity index (χ1v) is 8.07. The standard InChI is InChI=1S/C19H15FN4O2/c20-14-7-5-13(6-8-14)18-9-15(23-26-18)10-21-19(25)11-24-12-22-16-3-1-2-4-17(16)24/h1-9,12H,10-11H2,(H,21,25). The number of fused-ring (bicyclic) bond motifs is 1. The van der Waals surface area contributed by atoms with Gasteiger partial charge in [-0.3, -0.25) is 4.79 Å². The van der Waals surface area contributed by atoms with Gasteiger partial charge in [0.15, 0.2) is 5.76 Å². The number of nitrogens with one attached hydrogen (secondary N) is 1. The summed E-state index contributed by atoms with van der Waals surface area (Å²) in [5.41, 5.74) is 3.07. The first-order valence-electron chi connectivity index (χ1n) is 8.07. The lowest BCUT2D eigenvalue weighted by atomic mass is 10.1. The van der Waals surface area contributed by atoms with Crippen LogP contribution < -0.4 is 5.32 Å². The summed E-state index contributed by atoms with van der Waals surface area (Å²) in [6.45, 7) is 0.416. The van der Waals surface area contributed by atoms with Gasteiger partial charge < -0.3 is 14.4 Å². The van der Waals surface area contributed by atoms with Crippen molar-refractivity contribution in [3.63, 3.8) is 0 Å². The van der Waals surface area contributed by atoms with Crippen LogP contribution in [0.5, 0.6) is 0 Å². The maximum atomic E-state index is 13.0. The third kappa shape index (κ3) is 3.32. The SMILES string of the molecule is O=C(Cn1cnc2ccccc21)NCc1cc(-c2ccc(F)cc2)on1. The highest BCUT2D eigenvalue weighted by Crippen LogP contribution is 2.20. The van der Waals surface area contributed by atoms with Crippen molar-refractivity contribution in [2.75, 3.05) is 0 Å². The van der Waals surface area contributed by atoms with Gasteiger partial charge in [-0.15, -0.1) is 0 Å². The predicted molar refractivity (Wildman–Crippen MR) is 93.5 cm³/mol. The van der Waals surface area contributed by atoms with Crippen LogP contribution in [0, 0.1) is 5.82 Å². The molecule has 130 valence electrons. The summed E-state index contributed by atoms with van der Waals surface area (Å²) in [6.07, 6.45) is 1.65. The second-order valence-electron chi connectivity index (χ2n) is 5.83. The van der Waals surface area contributed by atoms with Crippen LogP contribution in [0.4, 0.5) is 4.39 Å². The molecule has 2 heterocycles. The molecule has 0 atom stereocenters. The molecule has 7 heteroatoms. The Morgan fingerprint density at radius 3 is 2.81 bits per heavy atom. The summed E-state index contributed by atoms with van der Waals surface area (Å²) >= 11 is 0. The number of hydrogen-bond donors (Lipinski definition) is 1. The zero-order chi connectivity index (χ0) is 17.9. The molecule has 0 bridgehead atoms. The Labute approximate surface area is 148 Å². The number of amides is 1. The molecule has 0 radical (unpaired) electrons. The van der Waals surface area contributed by atoms with E-state index in [0.29, 0.717) is 11.5 Å². The van der Waals surface area contributed by atoms with Gasteiger partial charge in [-0.05, 0) is 36.4 Å². The van der Waals surface area contributed by atoms with Crippen molar-refractivity contribution in [1.29, 1.82) is 0 Å². The Morgan fingerprint density at radius 2 is 1.96 bits per heavy atom. The fraction of sp³-hybridized carbons (Fsp3) is 0.105. The van der Waals surface area contributed by atoms with Crippen molar-refractivity contribution in [2.24, 2.45) is 0 Å². The molecule has 0 saturated carbocycles. The van der Waals surface area contributed by atoms with Gasteiger partial charge in [0, 0.05) is 11.6 Å². The minimum absolute atomic E-state index is 0.153. The number of carbonyl (C=O) groups is 1. The number of imidazole rings is 1. The molecule has 1 N–H and O–H groups in total. The molecule has 4 aromatic rings. The minimum atomic E-state index is -0.312. The molecule has 0 aliphatic carbocycles. The van der Waals surface area contributed by atoms with Gasteiger partial charge in [-0.25, -0.2) is 9.37 Å². The van der Waals surface area contributed by atoms with E-state index in [9.17, 15) is 9.18 Å². The van der Waals surface area contributed by atoms with Crippen molar-refractivity contribution in [1.82, 2.24) is 20.0 Å². The Hall–Kier alpha value is -3.48. The van der Waals surface area contributed by atoms with Crippen molar-refractivity contribution in [2.45, 2.75) is 13.1 Å². The van der Waals surface area contributed by atoms with Crippen LogP contribution >= 0.6 is 0 Å². The summed E-state index contributed by atoms with van der Waals surface area (Å²) in [7, 11) is 0. The zero-order valence-corrected chi connectivity index (χ0v) is 13.7. The largest absolute Gasteiger partial charge is 0.356 e. The van der Waals surface area contributed by atoms with Crippen LogP contribution in [0.2, 0.25) is 0 Å². The molecule has 6 nitrogen and oxygen atoms in total. The van der Waals surface area contributed by atoms with Gasteiger partial charge in [-0.1, -0.05) is 17.3 Å². The zero-order valence-electron chi connectivity index (χ0n) is 13.7. The van der Waals surface area contributed by atoms with Crippen LogP contribution in [0.15, 0.2) is 65.4 Å². The van der Waals surface area contributed by atoms with E-state index < -0.39 is 0 Å². The van der Waals surface area contributed by atoms with Gasteiger partial charge >= 0.3 is 0 Å². The van der Waals surface area contributed by atoms with Gasteiger partial charge in [-0.2, -0.15) is 0 Å². The summed E-state index contributed by atoms with van der Waals surface area (Å²) < 4.78 is 20.0. The second kappa shape index (κ2) is 6.79. The van der Waals surface area contributed by atoms with E-state index in [4.69, 9.17) is 4.52 Å². The molecule has 0 aliphatic rings. The molecule has 0 fully saturated rings. The topological polar surface area (TPSA) is 73.0 Å². The molecule has 0 unspecified atom stereocenters. The van der Waals surface area contributed by atoms with E-state index in [0.717, 1.165) is 16.6 Å². The van der Waals surface area contributed by atoms with Gasteiger partial charge in [0.2, 0.25) is 5.91 Å². The quantitative estimate of drug-likeness (QED) is 0.600. The third-order valence-electron chi connectivity index (χ3n) is 4.00. The lowest BCUT2D eigenvalue weighted by molar-refractivity contribution is -0.121. The first kappa shape index (κ1) is 16.0. The summed E-state index contributed by atoms with van der Waals surface area (Å²) in [5.74, 6) is 0.0575. The predicted octanol–water partition coefficient (Wildman–Crippen LogP) is 3.15. The van der Waals surface area contributed by atoms with Crippen LogP contribution in [0.3, 0.4) is 0 Å². The average Bonchev–Trinajstić information content (AvgIpc) is 3.28. The maximum absolute atomic E-state index is 13.0. The summed E-state index contributed by atoms with van der Waals surface area (Å²) in [4.78, 5) is 16.4. The molecule has 0 spiro atoms. The van der Waals surface area contributed by atoms with Crippen molar-refractivity contribution in [3.8, 4) is 11.3 Å². The third-order valence-corrected chi connectivity index (χ3v) is 4.00. The van der Waals surface area contributed by atoms with Gasteiger partial charge in [0.1, 0.15) is 18.1 Å². The molecule has 0 aliphatic heterocycles. The highest BCUT2D eigenvalue weighted by molar-refractivity contribution is 5.80. The maximum Gasteiger partial charge on any atom is 0.240 e. The monoisotopic (exact) mass is 350 g/mol. The molecule has 4 rings (SSSR count). The molecular weight excluding hydrogens is 335 g/mol. The van der Waals surface area contributed by atoms with E-state index >= 15 is 0 Å². The Balaban J connectivity index is 1.38. The van der Waals surface area contributed by atoms with Crippen molar-refractivity contribution in [3.05, 3.63) is 72.4 Å². The number of nitrogens with zero attached hydrogens (tertiary/aromatic N) is 3. The normalized spacial score (nSPS) is 11.0. The van der Waals surface area contributed by atoms with E-state index in [2.05, 4.69) is 15.5 Å². The second-order valence-corrected chi connectivity index (χ2v) is 5.83. The molecule has 2 aromatic heterocycles. The molecule has 1 amide bonds. The lowest BCUT2D eigenvalue weighted by Crippen LogP contribution is -2.26. The molecular formula is C19H15FN4O2. The Kier molecular flexibility index (Phi) is 4.18. The Morgan fingerprint density at radius 1 is 1.15 bits per heavy atom. The highest BCUT2D eigenvalue weighted by Gasteiger charge is 2.10. The van der Waals surface area contributed by atoms with Crippen LogP contribution in [0.1, 0.15) is 5.69 Å². The minimum Gasteiger partial charge on any atom is -0.356 e. The van der Waals surface area contributed by atoms with Gasteiger partial charge in [0.25, 0.3) is 0 Å². The molecule has 2 aromatic carbocycles. The average molecular weight is 350 g/mol. The number of rotatable bonds is 5. The highest BCUT2D eigenvalue weighted by atomic mass is 19.1. The number of hydrogen-bond acceptors (Lipinski definition) is 4. The van der Waals surface area contributed by atoms with Crippen molar-refractivity contribution >= 4 is 16.9 Å². The summed E-state index contributed by atoms with van der Waals surface area (Å²) in [5, 5.41) is 6.74. The fourth-order valence-electron chi connectivity index (χ4n) is 2.68. The Bertz CT molecular complexity index is 1050. The van der Waals surface area contributed by atoms with Crippen LogP contribution in [-0.2, 0) is 17.9 Å². The van der Waals surface area contributed by atoms with Crippen molar-refractivity contribution < 1.29 is 13.7 Å². The first-order chi connectivity index (χ1) is 12.7. The number of halogens is 1. The van der Waals surface area contributed by atoms with Gasteiger partial charge in [0.05, 0.1) is 23.9 Å². The van der Waals surface area contributed by atoms with E-state index in [-0.39, 0.29) is 24.8 Å². The number of benzene rings is 2. The van der Waals surface area contributed by atoms with Crippen LogP contribution in [0.25, 0.3) is 22.4 Å². The number of carbonyl (C=O) groups excluding carboxylic acids is 1. The van der Waals surface area contributed by atoms with E-state index in [1.165, 1.54) is 12.1 Å². The lowest BCUT2D eigenvalue weighted by Gasteiger charge is -2.05. The summed E-state index contributed by atoms with van der Waals surface area (Å²) in [6, 6.07) is 15.3. The van der Waals surface area contributed by atoms with Crippen LogP contribution in [-0.4, -0.2) is 20.6 Å². The molecule has 0 saturated heterocycles. The molecule has 26 heavy (non-hydrogen) atoms.